The van der Waals surface area contributed by atoms with E-state index in [2.05, 4.69) is 10.1 Å². The maximum atomic E-state index is 12.7. The predicted octanol–water partition coefficient (Wildman–Crippen LogP) is 3.40. The van der Waals surface area contributed by atoms with Crippen molar-refractivity contribution in [3.05, 3.63) is 59.7 Å². The van der Waals surface area contributed by atoms with Crippen LogP contribution in [-0.2, 0) is 17.6 Å². The van der Waals surface area contributed by atoms with Crippen molar-refractivity contribution in [3.8, 4) is 17.2 Å². The highest BCUT2D eigenvalue weighted by Gasteiger charge is 2.35. The lowest BCUT2D eigenvalue weighted by Crippen LogP contribution is -2.24. The number of methoxy groups -OCH3 is 3. The second-order valence-corrected chi connectivity index (χ2v) is 7.37. The summed E-state index contributed by atoms with van der Waals surface area (Å²) in [6, 6.07) is 13.3. The number of aromatic nitrogens is 2. The monoisotopic (exact) mass is 423 g/mol. The number of aryl methyl sites for hydroxylation is 2. The molecule has 1 unspecified atom stereocenters. The summed E-state index contributed by atoms with van der Waals surface area (Å²) < 4.78 is 21.3. The molecule has 8 nitrogen and oxygen atoms in total. The zero-order chi connectivity index (χ0) is 21.8. The van der Waals surface area contributed by atoms with Gasteiger partial charge in [0.15, 0.2) is 5.82 Å². The Morgan fingerprint density at radius 2 is 1.65 bits per heavy atom. The van der Waals surface area contributed by atoms with Crippen molar-refractivity contribution in [3.63, 3.8) is 0 Å². The van der Waals surface area contributed by atoms with Crippen LogP contribution in [0.25, 0.3) is 0 Å². The van der Waals surface area contributed by atoms with E-state index in [1.54, 1.807) is 32.3 Å². The molecule has 4 rings (SSSR count). The number of carbonyl (C=O) groups excluding carboxylic acids is 1. The van der Waals surface area contributed by atoms with Crippen molar-refractivity contribution in [2.75, 3.05) is 32.8 Å². The Morgan fingerprint density at radius 3 is 2.29 bits per heavy atom. The summed E-state index contributed by atoms with van der Waals surface area (Å²) in [4.78, 5) is 18.9. The zero-order valence-electron chi connectivity index (χ0n) is 17.8. The first-order valence-electron chi connectivity index (χ1n) is 10.1. The third-order valence-electron chi connectivity index (χ3n) is 5.41. The van der Waals surface area contributed by atoms with Crippen LogP contribution in [-0.4, -0.2) is 43.9 Å². The van der Waals surface area contributed by atoms with Crippen molar-refractivity contribution in [2.24, 2.45) is 0 Å². The van der Waals surface area contributed by atoms with Crippen molar-refractivity contribution < 1.29 is 23.5 Å². The lowest BCUT2D eigenvalue weighted by Gasteiger charge is -2.18. The van der Waals surface area contributed by atoms with E-state index >= 15 is 0 Å². The number of rotatable bonds is 8. The van der Waals surface area contributed by atoms with Crippen molar-refractivity contribution in [1.29, 1.82) is 0 Å². The number of amides is 1. The average Bonchev–Trinajstić information content (AvgIpc) is 3.44. The van der Waals surface area contributed by atoms with Gasteiger partial charge in [0, 0.05) is 43.5 Å². The topological polar surface area (TPSA) is 86.9 Å². The van der Waals surface area contributed by atoms with Gasteiger partial charge in [0.25, 0.3) is 0 Å². The van der Waals surface area contributed by atoms with Gasteiger partial charge in [0.2, 0.25) is 11.8 Å². The number of hydrogen-bond acceptors (Lipinski definition) is 7. The van der Waals surface area contributed by atoms with E-state index in [1.165, 1.54) is 0 Å². The highest BCUT2D eigenvalue weighted by molar-refractivity contribution is 5.96. The summed E-state index contributed by atoms with van der Waals surface area (Å²) >= 11 is 0. The molecule has 0 aliphatic carbocycles. The Balaban J connectivity index is 1.42. The van der Waals surface area contributed by atoms with Gasteiger partial charge in [0.1, 0.15) is 17.2 Å². The molecule has 162 valence electrons. The van der Waals surface area contributed by atoms with E-state index in [0.29, 0.717) is 42.6 Å². The largest absolute Gasteiger partial charge is 0.497 e. The maximum absolute atomic E-state index is 12.7. The normalized spacial score (nSPS) is 15.9. The molecular weight excluding hydrogens is 398 g/mol. The highest BCUT2D eigenvalue weighted by atomic mass is 16.5. The summed E-state index contributed by atoms with van der Waals surface area (Å²) in [6.07, 6.45) is 1.75. The van der Waals surface area contributed by atoms with Crippen LogP contribution >= 0.6 is 0 Å². The minimum Gasteiger partial charge on any atom is -0.497 e. The first-order chi connectivity index (χ1) is 15.1. The van der Waals surface area contributed by atoms with Crippen molar-refractivity contribution >= 4 is 11.6 Å². The van der Waals surface area contributed by atoms with Crippen LogP contribution in [0, 0.1) is 0 Å². The van der Waals surface area contributed by atoms with Gasteiger partial charge in [-0.1, -0.05) is 17.3 Å². The average molecular weight is 423 g/mol. The van der Waals surface area contributed by atoms with Gasteiger partial charge in [0.05, 0.1) is 27.0 Å². The summed E-state index contributed by atoms with van der Waals surface area (Å²) in [5, 5.41) is 4.13. The van der Waals surface area contributed by atoms with Crippen LogP contribution in [0.2, 0.25) is 0 Å². The zero-order valence-corrected chi connectivity index (χ0v) is 17.8. The van der Waals surface area contributed by atoms with E-state index < -0.39 is 0 Å². The van der Waals surface area contributed by atoms with Crippen LogP contribution in [0.15, 0.2) is 47.0 Å². The fourth-order valence-corrected chi connectivity index (χ4v) is 3.66. The first-order valence-corrected chi connectivity index (χ1v) is 10.1. The number of ether oxygens (including phenoxy) is 3. The Hall–Kier alpha value is -3.55. The van der Waals surface area contributed by atoms with Gasteiger partial charge < -0.3 is 23.6 Å². The van der Waals surface area contributed by atoms with E-state index in [9.17, 15) is 4.79 Å². The van der Waals surface area contributed by atoms with Gasteiger partial charge in [-0.2, -0.15) is 4.98 Å². The van der Waals surface area contributed by atoms with E-state index in [-0.39, 0.29) is 11.8 Å². The quantitative estimate of drug-likeness (QED) is 0.549. The summed E-state index contributed by atoms with van der Waals surface area (Å²) in [5.74, 6) is 3.10. The molecule has 1 atom stereocenters. The van der Waals surface area contributed by atoms with E-state index in [4.69, 9.17) is 18.7 Å². The molecule has 2 heterocycles. The van der Waals surface area contributed by atoms with E-state index in [0.717, 1.165) is 23.4 Å². The molecule has 1 amide bonds. The number of benzene rings is 2. The minimum absolute atomic E-state index is 0.00453. The molecule has 1 fully saturated rings. The number of anilines is 1. The molecule has 1 saturated heterocycles. The standard InChI is InChI=1S/C23H25N3O5/c1-28-18-7-4-15(5-8-18)6-9-21-24-23(25-31-21)16-10-22(27)26(14-16)17-11-19(29-2)13-20(12-17)30-3/h4-5,7-8,11-13,16H,6,9-10,14H2,1-3H3. The van der Waals surface area contributed by atoms with E-state index in [1.807, 2.05) is 36.4 Å². The van der Waals surface area contributed by atoms with Crippen LogP contribution in [0.1, 0.15) is 29.6 Å². The lowest BCUT2D eigenvalue weighted by molar-refractivity contribution is -0.117. The third-order valence-corrected chi connectivity index (χ3v) is 5.41. The molecule has 0 bridgehead atoms. The summed E-state index contributed by atoms with van der Waals surface area (Å²) in [6.45, 7) is 0.479. The second-order valence-electron chi connectivity index (χ2n) is 7.37. The molecule has 31 heavy (non-hydrogen) atoms. The van der Waals surface area contributed by atoms with Gasteiger partial charge >= 0.3 is 0 Å². The second kappa shape index (κ2) is 9.07. The maximum Gasteiger partial charge on any atom is 0.227 e. The molecule has 1 aliphatic heterocycles. The number of carbonyl (C=O) groups is 1. The molecule has 2 aromatic carbocycles. The summed E-state index contributed by atoms with van der Waals surface area (Å²) in [5.41, 5.74) is 1.89. The molecule has 0 N–H and O–H groups in total. The number of hydrogen-bond donors (Lipinski definition) is 0. The molecule has 0 spiro atoms. The van der Waals surface area contributed by atoms with Gasteiger partial charge in [-0.15, -0.1) is 0 Å². The number of nitrogens with zero attached hydrogens (tertiary/aromatic N) is 3. The Labute approximate surface area is 180 Å². The van der Waals surface area contributed by atoms with Gasteiger partial charge in [-0.05, 0) is 24.1 Å². The SMILES string of the molecule is COc1ccc(CCc2nc(C3CC(=O)N(c4cc(OC)cc(OC)c4)C3)no2)cc1. The highest BCUT2D eigenvalue weighted by Crippen LogP contribution is 2.34. The fraction of sp³-hybridized carbons (Fsp3) is 0.348. The minimum atomic E-state index is -0.122. The molecule has 8 heteroatoms. The third kappa shape index (κ3) is 4.63. The molecule has 0 radical (unpaired) electrons. The fourth-order valence-electron chi connectivity index (χ4n) is 3.66. The summed E-state index contributed by atoms with van der Waals surface area (Å²) in [7, 11) is 4.81. The van der Waals surface area contributed by atoms with Gasteiger partial charge in [-0.25, -0.2) is 0 Å². The predicted molar refractivity (Wildman–Crippen MR) is 114 cm³/mol. The molecule has 1 aliphatic rings. The Bertz CT molecular complexity index is 1030. The smallest absolute Gasteiger partial charge is 0.227 e. The first kappa shape index (κ1) is 20.7. The Morgan fingerprint density at radius 1 is 0.968 bits per heavy atom. The molecular formula is C23H25N3O5. The van der Waals surface area contributed by atoms with Crippen molar-refractivity contribution in [1.82, 2.24) is 10.1 Å². The van der Waals surface area contributed by atoms with Gasteiger partial charge in [-0.3, -0.25) is 4.79 Å². The van der Waals surface area contributed by atoms with Crippen LogP contribution in [0.4, 0.5) is 5.69 Å². The lowest BCUT2D eigenvalue weighted by atomic mass is 10.1. The molecule has 3 aromatic rings. The van der Waals surface area contributed by atoms with Crippen LogP contribution in [0.5, 0.6) is 17.2 Å². The molecule has 0 saturated carbocycles. The van der Waals surface area contributed by atoms with Crippen molar-refractivity contribution in [2.45, 2.75) is 25.2 Å². The molecule has 1 aromatic heterocycles. The van der Waals surface area contributed by atoms with Crippen LogP contribution in [0.3, 0.4) is 0 Å². The Kier molecular flexibility index (Phi) is 6.06. The van der Waals surface area contributed by atoms with Crippen LogP contribution < -0.4 is 19.1 Å².